The molecular formula is C16H17N5O4. The van der Waals surface area contributed by atoms with E-state index >= 15 is 0 Å². The van der Waals surface area contributed by atoms with Gasteiger partial charge in [-0.2, -0.15) is 5.10 Å². The van der Waals surface area contributed by atoms with E-state index < -0.39 is 5.91 Å². The molecule has 9 nitrogen and oxygen atoms in total. The molecule has 0 bridgehead atoms. The van der Waals surface area contributed by atoms with Crippen molar-refractivity contribution in [2.75, 3.05) is 19.5 Å². The first-order valence-electron chi connectivity index (χ1n) is 7.55. The van der Waals surface area contributed by atoms with Crippen LogP contribution < -0.4 is 14.8 Å². The molecular weight excluding hydrogens is 326 g/mol. The normalized spacial score (nSPS) is 10.5. The van der Waals surface area contributed by atoms with E-state index in [0.717, 1.165) is 0 Å². The summed E-state index contributed by atoms with van der Waals surface area (Å²) in [6, 6.07) is 6.80. The Morgan fingerprint density at radius 3 is 2.68 bits per heavy atom. The summed E-state index contributed by atoms with van der Waals surface area (Å²) >= 11 is 0. The number of nitrogens with zero attached hydrogens (tertiary/aromatic N) is 4. The Morgan fingerprint density at radius 2 is 2.00 bits per heavy atom. The minimum Gasteiger partial charge on any atom is -0.493 e. The van der Waals surface area contributed by atoms with Gasteiger partial charge in [-0.3, -0.25) is 14.8 Å². The summed E-state index contributed by atoms with van der Waals surface area (Å²) in [5.74, 6) is 0.949. The maximum absolute atomic E-state index is 12.1. The highest BCUT2D eigenvalue weighted by Gasteiger charge is 2.16. The van der Waals surface area contributed by atoms with Gasteiger partial charge in [-0.15, -0.1) is 5.10 Å². The van der Waals surface area contributed by atoms with Crippen LogP contribution >= 0.6 is 0 Å². The van der Waals surface area contributed by atoms with Gasteiger partial charge in [0, 0.05) is 18.3 Å². The third kappa shape index (κ3) is 3.44. The van der Waals surface area contributed by atoms with E-state index in [1.54, 1.807) is 42.3 Å². The molecule has 0 atom stereocenters. The van der Waals surface area contributed by atoms with Crippen molar-refractivity contribution in [3.05, 3.63) is 36.2 Å². The van der Waals surface area contributed by atoms with Crippen LogP contribution in [-0.4, -0.2) is 40.1 Å². The first-order chi connectivity index (χ1) is 12.1. The van der Waals surface area contributed by atoms with Crippen LogP contribution in [0.25, 0.3) is 11.5 Å². The van der Waals surface area contributed by atoms with Gasteiger partial charge >= 0.3 is 6.01 Å². The lowest BCUT2D eigenvalue weighted by atomic mass is 10.2. The van der Waals surface area contributed by atoms with Crippen molar-refractivity contribution in [1.29, 1.82) is 0 Å². The van der Waals surface area contributed by atoms with E-state index in [9.17, 15) is 4.79 Å². The van der Waals surface area contributed by atoms with E-state index in [1.165, 1.54) is 7.11 Å². The fraction of sp³-hybridized carbons (Fsp3) is 0.250. The molecule has 0 saturated carbocycles. The van der Waals surface area contributed by atoms with E-state index in [1.807, 2.05) is 6.92 Å². The van der Waals surface area contributed by atoms with Crippen molar-refractivity contribution in [3.8, 4) is 23.0 Å². The second kappa shape index (κ2) is 7.04. The third-order valence-electron chi connectivity index (χ3n) is 3.47. The van der Waals surface area contributed by atoms with Gasteiger partial charge in [-0.1, -0.05) is 5.10 Å². The molecule has 0 unspecified atom stereocenters. The molecule has 0 spiro atoms. The highest BCUT2D eigenvalue weighted by atomic mass is 16.5. The Labute approximate surface area is 143 Å². The summed E-state index contributed by atoms with van der Waals surface area (Å²) in [5, 5.41) is 14.4. The Balaban J connectivity index is 1.77. The quantitative estimate of drug-likeness (QED) is 0.731. The predicted octanol–water partition coefficient (Wildman–Crippen LogP) is 2.22. The molecule has 3 aromatic rings. The van der Waals surface area contributed by atoms with Crippen LogP contribution in [0.5, 0.6) is 11.5 Å². The summed E-state index contributed by atoms with van der Waals surface area (Å²) in [5.41, 5.74) is 0.911. The molecule has 0 aliphatic carbocycles. The maximum Gasteiger partial charge on any atom is 0.322 e. The van der Waals surface area contributed by atoms with E-state index in [0.29, 0.717) is 23.6 Å². The molecule has 2 heterocycles. The van der Waals surface area contributed by atoms with Gasteiger partial charge in [0.05, 0.1) is 14.2 Å². The van der Waals surface area contributed by atoms with Crippen molar-refractivity contribution in [3.63, 3.8) is 0 Å². The van der Waals surface area contributed by atoms with Gasteiger partial charge in [0.1, 0.15) is 0 Å². The molecule has 130 valence electrons. The standard InChI is InChI=1S/C16H17N5O4/c1-4-21-8-7-11(20-21)14(22)17-16-19-18-15(25-16)10-5-6-12(23-2)13(9-10)24-3/h5-9H,4H2,1-3H3,(H,17,19,22). The highest BCUT2D eigenvalue weighted by molar-refractivity contribution is 6.01. The van der Waals surface area contributed by atoms with Crippen molar-refractivity contribution < 1.29 is 18.7 Å². The SMILES string of the molecule is CCn1ccc(C(=O)Nc2nnc(-c3ccc(OC)c(OC)c3)o2)n1. The summed E-state index contributed by atoms with van der Waals surface area (Å²) in [7, 11) is 3.09. The van der Waals surface area contributed by atoms with Crippen LogP contribution in [0.15, 0.2) is 34.9 Å². The monoisotopic (exact) mass is 343 g/mol. The van der Waals surface area contributed by atoms with E-state index in [4.69, 9.17) is 13.9 Å². The average molecular weight is 343 g/mol. The lowest BCUT2D eigenvalue weighted by Crippen LogP contribution is -2.13. The zero-order chi connectivity index (χ0) is 17.8. The molecule has 0 fully saturated rings. The second-order valence-electron chi connectivity index (χ2n) is 4.99. The third-order valence-corrected chi connectivity index (χ3v) is 3.47. The maximum atomic E-state index is 12.1. The van der Waals surface area contributed by atoms with Crippen LogP contribution in [0.3, 0.4) is 0 Å². The fourth-order valence-corrected chi connectivity index (χ4v) is 2.18. The number of ether oxygens (including phenoxy) is 2. The van der Waals surface area contributed by atoms with Crippen molar-refractivity contribution >= 4 is 11.9 Å². The fourth-order valence-electron chi connectivity index (χ4n) is 2.18. The molecule has 0 saturated heterocycles. The summed E-state index contributed by atoms with van der Waals surface area (Å²) in [4.78, 5) is 12.1. The lowest BCUT2D eigenvalue weighted by molar-refractivity contribution is 0.101. The lowest BCUT2D eigenvalue weighted by Gasteiger charge is -2.07. The number of carbonyl (C=O) groups excluding carboxylic acids is 1. The van der Waals surface area contributed by atoms with Gasteiger partial charge in [0.15, 0.2) is 17.2 Å². The van der Waals surface area contributed by atoms with Crippen LogP contribution in [0, 0.1) is 0 Å². The number of benzene rings is 1. The first kappa shape index (κ1) is 16.5. The Morgan fingerprint density at radius 1 is 1.20 bits per heavy atom. The zero-order valence-corrected chi connectivity index (χ0v) is 14.0. The highest BCUT2D eigenvalue weighted by Crippen LogP contribution is 2.32. The largest absolute Gasteiger partial charge is 0.493 e. The topological polar surface area (TPSA) is 104 Å². The van der Waals surface area contributed by atoms with Crippen LogP contribution in [-0.2, 0) is 6.54 Å². The predicted molar refractivity (Wildman–Crippen MR) is 88.7 cm³/mol. The molecule has 1 amide bonds. The number of hydrogen-bond donors (Lipinski definition) is 1. The number of carbonyl (C=O) groups is 1. The number of hydrogen-bond acceptors (Lipinski definition) is 7. The van der Waals surface area contributed by atoms with Gasteiger partial charge in [0.2, 0.25) is 5.89 Å². The number of nitrogens with one attached hydrogen (secondary N) is 1. The Bertz CT molecular complexity index is 886. The van der Waals surface area contributed by atoms with Crippen LogP contribution in [0.1, 0.15) is 17.4 Å². The summed E-state index contributed by atoms with van der Waals surface area (Å²) in [6.07, 6.45) is 1.72. The molecule has 0 radical (unpaired) electrons. The van der Waals surface area contributed by atoms with Gasteiger partial charge in [-0.25, -0.2) is 0 Å². The Hall–Kier alpha value is -3.36. The number of aryl methyl sites for hydroxylation is 1. The molecule has 1 N–H and O–H groups in total. The second-order valence-corrected chi connectivity index (χ2v) is 4.99. The van der Waals surface area contributed by atoms with Crippen LogP contribution in [0.4, 0.5) is 6.01 Å². The number of rotatable bonds is 6. The van der Waals surface area contributed by atoms with Crippen molar-refractivity contribution in [2.24, 2.45) is 0 Å². The van der Waals surface area contributed by atoms with Crippen molar-refractivity contribution in [1.82, 2.24) is 20.0 Å². The number of anilines is 1. The summed E-state index contributed by atoms with van der Waals surface area (Å²) < 4.78 is 17.6. The number of amides is 1. The van der Waals surface area contributed by atoms with Gasteiger partial charge < -0.3 is 13.9 Å². The van der Waals surface area contributed by atoms with Crippen LogP contribution in [0.2, 0.25) is 0 Å². The van der Waals surface area contributed by atoms with Crippen molar-refractivity contribution in [2.45, 2.75) is 13.5 Å². The molecule has 9 heteroatoms. The minimum atomic E-state index is -0.422. The molecule has 3 rings (SSSR count). The average Bonchev–Trinajstić information content (AvgIpc) is 3.30. The molecule has 1 aromatic carbocycles. The minimum absolute atomic E-state index is 0.0131. The molecule has 2 aromatic heterocycles. The first-order valence-corrected chi connectivity index (χ1v) is 7.55. The number of methoxy groups -OCH3 is 2. The van der Waals surface area contributed by atoms with Gasteiger partial charge in [0.25, 0.3) is 5.91 Å². The number of aromatic nitrogens is 4. The smallest absolute Gasteiger partial charge is 0.322 e. The summed E-state index contributed by atoms with van der Waals surface area (Å²) in [6.45, 7) is 2.61. The van der Waals surface area contributed by atoms with E-state index in [-0.39, 0.29) is 17.6 Å². The molecule has 0 aliphatic heterocycles. The molecule has 0 aliphatic rings. The Kier molecular flexibility index (Phi) is 4.64. The zero-order valence-electron chi connectivity index (χ0n) is 14.0. The van der Waals surface area contributed by atoms with Gasteiger partial charge in [-0.05, 0) is 31.2 Å². The molecule has 25 heavy (non-hydrogen) atoms. The van der Waals surface area contributed by atoms with E-state index in [2.05, 4.69) is 20.6 Å².